The zero-order valence-corrected chi connectivity index (χ0v) is 5.25. The largest absolute Gasteiger partial charge is 0.415 e. The summed E-state index contributed by atoms with van der Waals surface area (Å²) in [5.41, 5.74) is -0.466. The highest BCUT2D eigenvalue weighted by Crippen LogP contribution is 2.04. The average molecular weight is 162 g/mol. The highest BCUT2D eigenvalue weighted by molar-refractivity contribution is 5.05. The van der Waals surface area contributed by atoms with Crippen LogP contribution < -0.4 is 10.3 Å². The Kier molecular flexibility index (Phi) is 2.15. The van der Waals surface area contributed by atoms with Crippen molar-refractivity contribution < 1.29 is 13.5 Å². The number of aromatic nitrogens is 2. The maximum absolute atomic E-state index is 11.5. The fourth-order valence-electron chi connectivity index (χ4n) is 0.489. The zero-order valence-electron chi connectivity index (χ0n) is 5.25. The quantitative estimate of drug-likeness (QED) is 0.683. The average Bonchev–Trinajstić information content (AvgIpc) is 1.93. The normalized spacial score (nSPS) is 10.1. The molecule has 0 saturated carbocycles. The fourth-order valence-corrected chi connectivity index (χ4v) is 0.489. The van der Waals surface area contributed by atoms with Crippen LogP contribution in [0, 0.1) is 0 Å². The van der Waals surface area contributed by atoms with Gasteiger partial charge in [0.1, 0.15) is 0 Å². The molecule has 0 spiro atoms. The van der Waals surface area contributed by atoms with Crippen LogP contribution in [0.5, 0.6) is 5.88 Å². The summed E-state index contributed by atoms with van der Waals surface area (Å²) >= 11 is 0. The highest BCUT2D eigenvalue weighted by atomic mass is 19.3. The Balaban J connectivity index is 2.74. The lowest BCUT2D eigenvalue weighted by Gasteiger charge is -1.99. The predicted octanol–water partition coefficient (Wildman–Crippen LogP) is 0.371. The minimum absolute atomic E-state index is 0.306. The van der Waals surface area contributed by atoms with Gasteiger partial charge in [0.05, 0.1) is 0 Å². The summed E-state index contributed by atoms with van der Waals surface area (Å²) < 4.78 is 26.8. The van der Waals surface area contributed by atoms with Crippen molar-refractivity contribution in [2.45, 2.75) is 6.61 Å². The highest BCUT2D eigenvalue weighted by Gasteiger charge is 2.03. The maximum Gasteiger partial charge on any atom is 0.388 e. The van der Waals surface area contributed by atoms with E-state index in [9.17, 15) is 13.6 Å². The molecule has 0 bridgehead atoms. The van der Waals surface area contributed by atoms with Crippen LogP contribution in [0.2, 0.25) is 0 Å². The first-order chi connectivity index (χ1) is 5.18. The van der Waals surface area contributed by atoms with E-state index in [0.717, 1.165) is 12.1 Å². The second-order valence-corrected chi connectivity index (χ2v) is 1.64. The summed E-state index contributed by atoms with van der Waals surface area (Å²) in [7, 11) is 0. The van der Waals surface area contributed by atoms with E-state index in [1.54, 1.807) is 0 Å². The molecule has 0 atom stereocenters. The minimum atomic E-state index is -2.92. The van der Waals surface area contributed by atoms with Crippen LogP contribution in [0.1, 0.15) is 0 Å². The van der Waals surface area contributed by atoms with Crippen LogP contribution in [0.3, 0.4) is 0 Å². The van der Waals surface area contributed by atoms with E-state index in [0.29, 0.717) is 0 Å². The summed E-state index contributed by atoms with van der Waals surface area (Å²) in [6.07, 6.45) is 0. The lowest BCUT2D eigenvalue weighted by atomic mass is 10.6. The van der Waals surface area contributed by atoms with E-state index in [4.69, 9.17) is 0 Å². The third-order valence-electron chi connectivity index (χ3n) is 0.863. The number of alkyl halides is 2. The molecular weight excluding hydrogens is 158 g/mol. The molecule has 1 heterocycles. The lowest BCUT2D eigenvalue weighted by Crippen LogP contribution is -2.09. The number of nitrogens with zero attached hydrogens (tertiary/aromatic N) is 1. The number of nitrogens with one attached hydrogen (secondary N) is 1. The van der Waals surface area contributed by atoms with Crippen molar-refractivity contribution in [1.29, 1.82) is 0 Å². The molecule has 0 aromatic carbocycles. The molecule has 0 unspecified atom stereocenters. The third-order valence-corrected chi connectivity index (χ3v) is 0.863. The van der Waals surface area contributed by atoms with Crippen molar-refractivity contribution in [1.82, 2.24) is 10.2 Å². The van der Waals surface area contributed by atoms with Crippen LogP contribution >= 0.6 is 0 Å². The van der Waals surface area contributed by atoms with Gasteiger partial charge >= 0.3 is 6.61 Å². The number of hydrogen-bond acceptors (Lipinski definition) is 3. The molecule has 0 fully saturated rings. The van der Waals surface area contributed by atoms with Crippen LogP contribution in [0.15, 0.2) is 16.9 Å². The summed E-state index contributed by atoms with van der Waals surface area (Å²) in [5, 5.41) is 5.12. The Labute approximate surface area is 59.8 Å². The summed E-state index contributed by atoms with van der Waals surface area (Å²) in [4.78, 5) is 10.3. The van der Waals surface area contributed by atoms with Crippen LogP contribution in [0.25, 0.3) is 0 Å². The molecule has 0 saturated heterocycles. The number of hydrogen-bond donors (Lipinski definition) is 1. The SMILES string of the molecule is O=c1ccc(OC(F)F)n[nH]1. The van der Waals surface area contributed by atoms with E-state index in [1.165, 1.54) is 0 Å². The van der Waals surface area contributed by atoms with Gasteiger partial charge in [0, 0.05) is 12.1 Å². The molecule has 60 valence electrons. The molecule has 1 aromatic rings. The number of ether oxygens (including phenoxy) is 1. The first-order valence-corrected chi connectivity index (χ1v) is 2.69. The van der Waals surface area contributed by atoms with Gasteiger partial charge in [-0.15, -0.1) is 5.10 Å². The first kappa shape index (κ1) is 7.64. The molecular formula is C5H4F2N2O2. The predicted molar refractivity (Wildman–Crippen MR) is 31.5 cm³/mol. The van der Waals surface area contributed by atoms with Gasteiger partial charge in [-0.1, -0.05) is 0 Å². The Bertz CT molecular complexity index is 266. The molecule has 1 aromatic heterocycles. The first-order valence-electron chi connectivity index (χ1n) is 2.69. The fraction of sp³-hybridized carbons (Fsp3) is 0.200. The van der Waals surface area contributed by atoms with E-state index < -0.39 is 12.2 Å². The van der Waals surface area contributed by atoms with Crippen molar-refractivity contribution in [2.75, 3.05) is 0 Å². The Morgan fingerprint density at radius 2 is 2.27 bits per heavy atom. The van der Waals surface area contributed by atoms with Gasteiger partial charge in [0.2, 0.25) is 5.88 Å². The van der Waals surface area contributed by atoms with Gasteiger partial charge in [-0.05, 0) is 0 Å². The molecule has 0 radical (unpaired) electrons. The molecule has 4 nitrogen and oxygen atoms in total. The van der Waals surface area contributed by atoms with Crippen molar-refractivity contribution in [3.05, 3.63) is 22.5 Å². The molecule has 0 aliphatic carbocycles. The van der Waals surface area contributed by atoms with E-state index in [2.05, 4.69) is 9.84 Å². The second kappa shape index (κ2) is 3.09. The third kappa shape index (κ3) is 2.32. The van der Waals surface area contributed by atoms with Crippen molar-refractivity contribution in [3.63, 3.8) is 0 Å². The molecule has 11 heavy (non-hydrogen) atoms. The van der Waals surface area contributed by atoms with Gasteiger partial charge in [-0.3, -0.25) is 4.79 Å². The smallest absolute Gasteiger partial charge is 0.388 e. The summed E-state index contributed by atoms with van der Waals surface area (Å²) in [5.74, 6) is -0.306. The summed E-state index contributed by atoms with van der Waals surface area (Å²) in [6.45, 7) is -2.92. The molecule has 1 rings (SSSR count). The van der Waals surface area contributed by atoms with Crippen LogP contribution in [-0.2, 0) is 0 Å². The second-order valence-electron chi connectivity index (χ2n) is 1.64. The van der Waals surface area contributed by atoms with Crippen molar-refractivity contribution in [2.24, 2.45) is 0 Å². The van der Waals surface area contributed by atoms with E-state index in [1.807, 2.05) is 5.10 Å². The molecule has 0 amide bonds. The summed E-state index contributed by atoms with van der Waals surface area (Å²) in [6, 6.07) is 2.11. The Morgan fingerprint density at radius 1 is 1.55 bits per heavy atom. The molecule has 1 N–H and O–H groups in total. The molecule has 0 aliphatic heterocycles. The van der Waals surface area contributed by atoms with Gasteiger partial charge in [0.15, 0.2) is 0 Å². The standard InChI is InChI=1S/C5H4F2N2O2/c6-5(7)11-4-2-1-3(10)8-9-4/h1-2,5H,(H,8,10). The number of rotatable bonds is 2. The Morgan fingerprint density at radius 3 is 2.73 bits per heavy atom. The molecule has 0 aliphatic rings. The van der Waals surface area contributed by atoms with Gasteiger partial charge in [-0.25, -0.2) is 5.10 Å². The van der Waals surface area contributed by atoms with Crippen LogP contribution in [0.4, 0.5) is 8.78 Å². The zero-order chi connectivity index (χ0) is 8.27. The van der Waals surface area contributed by atoms with E-state index in [-0.39, 0.29) is 5.88 Å². The Hall–Kier alpha value is -1.46. The van der Waals surface area contributed by atoms with Gasteiger partial charge in [0.25, 0.3) is 5.56 Å². The monoisotopic (exact) mass is 162 g/mol. The van der Waals surface area contributed by atoms with Gasteiger partial charge in [-0.2, -0.15) is 8.78 Å². The molecule has 6 heteroatoms. The minimum Gasteiger partial charge on any atom is -0.415 e. The van der Waals surface area contributed by atoms with Crippen LogP contribution in [-0.4, -0.2) is 16.8 Å². The maximum atomic E-state index is 11.5. The van der Waals surface area contributed by atoms with Gasteiger partial charge < -0.3 is 4.74 Å². The van der Waals surface area contributed by atoms with E-state index >= 15 is 0 Å². The topological polar surface area (TPSA) is 55.0 Å². The number of H-pyrrole nitrogens is 1. The lowest BCUT2D eigenvalue weighted by molar-refractivity contribution is -0.0534. The van der Waals surface area contributed by atoms with Crippen molar-refractivity contribution in [3.8, 4) is 5.88 Å². The number of aromatic amines is 1. The van der Waals surface area contributed by atoms with Crippen molar-refractivity contribution >= 4 is 0 Å². The number of halogens is 2.